The number of ether oxygens (including phenoxy) is 2. The Bertz CT molecular complexity index is 1060. The van der Waals surface area contributed by atoms with Crippen LogP contribution in [0, 0.1) is 11.6 Å². The Morgan fingerprint density at radius 2 is 2.13 bits per heavy atom. The van der Waals surface area contributed by atoms with Crippen molar-refractivity contribution in [2.24, 2.45) is 4.99 Å². The summed E-state index contributed by atoms with van der Waals surface area (Å²) in [5.74, 6) is -2.02. The van der Waals surface area contributed by atoms with Crippen LogP contribution in [0.15, 0.2) is 41.5 Å². The number of pyridine rings is 1. The molecule has 2 aromatic rings. The minimum absolute atomic E-state index is 0.0700. The van der Waals surface area contributed by atoms with Crippen LogP contribution in [0.5, 0.6) is 11.5 Å². The van der Waals surface area contributed by atoms with Crippen LogP contribution in [0.2, 0.25) is 0 Å². The summed E-state index contributed by atoms with van der Waals surface area (Å²) in [7, 11) is 0. The summed E-state index contributed by atoms with van der Waals surface area (Å²) in [6, 6.07) is 3.08. The zero-order valence-electron chi connectivity index (χ0n) is 15.8. The van der Waals surface area contributed by atoms with Gasteiger partial charge in [-0.1, -0.05) is 0 Å². The fourth-order valence-electron chi connectivity index (χ4n) is 3.24. The Labute approximate surface area is 169 Å². The molecule has 2 aliphatic heterocycles. The number of nitrogens with zero attached hydrogens (tertiary/aromatic N) is 3. The Morgan fingerprint density at radius 3 is 2.90 bits per heavy atom. The number of aromatic nitrogens is 1. The van der Waals surface area contributed by atoms with E-state index in [1.807, 2.05) is 0 Å². The van der Waals surface area contributed by atoms with Crippen LogP contribution in [0.4, 0.5) is 23.8 Å². The van der Waals surface area contributed by atoms with Crippen molar-refractivity contribution in [1.29, 1.82) is 0 Å². The van der Waals surface area contributed by atoms with E-state index < -0.39 is 36.2 Å². The number of aliphatic imine (C=N–C) groups is 1. The minimum atomic E-state index is -1.54. The highest BCUT2D eigenvalue weighted by Crippen LogP contribution is 2.40. The van der Waals surface area contributed by atoms with Gasteiger partial charge in [0.25, 0.3) is 0 Å². The van der Waals surface area contributed by atoms with Crippen molar-refractivity contribution in [3.63, 3.8) is 0 Å². The monoisotopic (exact) mass is 418 g/mol. The quantitative estimate of drug-likeness (QED) is 0.818. The van der Waals surface area contributed by atoms with E-state index in [-0.39, 0.29) is 29.4 Å². The van der Waals surface area contributed by atoms with Crippen LogP contribution in [0.1, 0.15) is 24.1 Å². The SMILES string of the molecule is CC1c2cc(F)c(OC3N=CC=CC3F)cc2OC(=O)N1Cc1ccnc(N)c1F. The van der Waals surface area contributed by atoms with Crippen molar-refractivity contribution in [2.75, 3.05) is 5.73 Å². The average Bonchev–Trinajstić information content (AvgIpc) is 2.71. The summed E-state index contributed by atoms with van der Waals surface area (Å²) < 4.78 is 53.3. The second-order valence-corrected chi connectivity index (χ2v) is 6.80. The molecule has 1 aromatic carbocycles. The van der Waals surface area contributed by atoms with Crippen LogP contribution in [-0.2, 0) is 6.54 Å². The zero-order chi connectivity index (χ0) is 21.4. The number of carbonyl (C=O) groups is 1. The number of nitrogen functional groups attached to an aromatic ring is 1. The van der Waals surface area contributed by atoms with Crippen molar-refractivity contribution >= 4 is 18.1 Å². The molecule has 0 radical (unpaired) electrons. The maximum Gasteiger partial charge on any atom is 0.416 e. The first-order valence-corrected chi connectivity index (χ1v) is 9.06. The molecule has 2 N–H and O–H groups in total. The van der Waals surface area contributed by atoms with Crippen LogP contribution >= 0.6 is 0 Å². The first-order chi connectivity index (χ1) is 14.3. The van der Waals surface area contributed by atoms with E-state index in [1.165, 1.54) is 41.6 Å². The molecule has 3 heterocycles. The number of amides is 1. The Kier molecular flexibility index (Phi) is 5.06. The van der Waals surface area contributed by atoms with E-state index in [0.29, 0.717) is 5.56 Å². The first kappa shape index (κ1) is 19.7. The van der Waals surface area contributed by atoms with Crippen LogP contribution in [-0.4, -0.2) is 34.6 Å². The molecule has 0 saturated heterocycles. The third kappa shape index (κ3) is 3.56. The largest absolute Gasteiger partial charge is 0.462 e. The smallest absolute Gasteiger partial charge is 0.416 e. The van der Waals surface area contributed by atoms with Crippen molar-refractivity contribution in [3.8, 4) is 11.5 Å². The van der Waals surface area contributed by atoms with E-state index in [9.17, 15) is 18.0 Å². The van der Waals surface area contributed by atoms with E-state index in [4.69, 9.17) is 15.2 Å². The molecule has 10 heteroatoms. The molecule has 3 atom stereocenters. The summed E-state index contributed by atoms with van der Waals surface area (Å²) in [6.07, 6.45) is 1.79. The maximum atomic E-state index is 14.6. The summed E-state index contributed by atoms with van der Waals surface area (Å²) in [5, 5.41) is 0. The molecule has 0 spiro atoms. The van der Waals surface area contributed by atoms with E-state index >= 15 is 0 Å². The molecule has 0 fully saturated rings. The predicted octanol–water partition coefficient (Wildman–Crippen LogP) is 3.70. The Balaban J connectivity index is 1.60. The number of alkyl halides is 1. The number of allylic oxidation sites excluding steroid dienone is 1. The topological polar surface area (TPSA) is 90.0 Å². The van der Waals surface area contributed by atoms with Gasteiger partial charge in [-0.2, -0.15) is 0 Å². The Morgan fingerprint density at radius 1 is 1.33 bits per heavy atom. The molecule has 2 aliphatic rings. The summed E-state index contributed by atoms with van der Waals surface area (Å²) in [5.41, 5.74) is 5.97. The molecule has 30 heavy (non-hydrogen) atoms. The first-order valence-electron chi connectivity index (χ1n) is 9.06. The number of hydrogen-bond donors (Lipinski definition) is 1. The minimum Gasteiger partial charge on any atom is -0.462 e. The van der Waals surface area contributed by atoms with Crippen molar-refractivity contribution in [3.05, 3.63) is 59.3 Å². The van der Waals surface area contributed by atoms with Crippen molar-refractivity contribution in [1.82, 2.24) is 9.88 Å². The molecule has 0 aliphatic carbocycles. The Hall–Kier alpha value is -3.56. The van der Waals surface area contributed by atoms with Crippen LogP contribution in [0.3, 0.4) is 0 Å². The summed E-state index contributed by atoms with van der Waals surface area (Å²) in [6.45, 7) is 1.50. The van der Waals surface area contributed by atoms with Gasteiger partial charge in [-0.15, -0.1) is 0 Å². The number of halogens is 3. The maximum absolute atomic E-state index is 14.6. The van der Waals surface area contributed by atoms with Gasteiger partial charge in [0.05, 0.1) is 12.6 Å². The highest BCUT2D eigenvalue weighted by atomic mass is 19.1. The van der Waals surface area contributed by atoms with Crippen molar-refractivity contribution < 1.29 is 27.4 Å². The van der Waals surface area contributed by atoms with Crippen molar-refractivity contribution in [2.45, 2.75) is 31.9 Å². The highest BCUT2D eigenvalue weighted by molar-refractivity contribution is 5.75. The van der Waals surface area contributed by atoms with Crippen LogP contribution in [0.25, 0.3) is 0 Å². The number of dihydropyridines is 1. The molecule has 7 nitrogen and oxygen atoms in total. The van der Waals surface area contributed by atoms with Gasteiger partial charge < -0.3 is 15.2 Å². The average molecular weight is 418 g/mol. The number of benzene rings is 1. The third-order valence-corrected chi connectivity index (χ3v) is 4.88. The summed E-state index contributed by atoms with van der Waals surface area (Å²) in [4.78, 5) is 21.2. The van der Waals surface area contributed by atoms with E-state index in [2.05, 4.69) is 9.98 Å². The molecule has 3 unspecified atom stereocenters. The number of nitrogens with two attached hydrogens (primary N) is 1. The predicted molar refractivity (Wildman–Crippen MR) is 102 cm³/mol. The number of anilines is 1. The lowest BCUT2D eigenvalue weighted by molar-refractivity contribution is 0.113. The number of fused-ring (bicyclic) bond motifs is 1. The van der Waals surface area contributed by atoms with Gasteiger partial charge in [-0.25, -0.2) is 27.9 Å². The lowest BCUT2D eigenvalue weighted by atomic mass is 10.0. The standard InChI is InChI=1S/C20H17F3N4O3/c1-10-12-7-14(22)16(29-19-13(21)3-2-5-26-19)8-15(12)30-20(28)27(10)9-11-4-6-25-18(24)17(11)23/h2-8,10,13,19H,9H2,1H3,(H2,24,25). The normalized spacial score (nSPS) is 22.6. The number of hydrogen-bond acceptors (Lipinski definition) is 6. The highest BCUT2D eigenvalue weighted by Gasteiger charge is 2.34. The van der Waals surface area contributed by atoms with E-state index in [1.54, 1.807) is 6.92 Å². The second-order valence-electron chi connectivity index (χ2n) is 6.80. The van der Waals surface area contributed by atoms with Gasteiger partial charge in [0.1, 0.15) is 5.75 Å². The van der Waals surface area contributed by atoms with Gasteiger partial charge in [0, 0.05) is 29.6 Å². The van der Waals surface area contributed by atoms with E-state index in [0.717, 1.165) is 6.07 Å². The molecule has 0 saturated carbocycles. The molecule has 0 bridgehead atoms. The lowest BCUT2D eigenvalue weighted by Crippen LogP contribution is -2.39. The number of carbonyl (C=O) groups excluding carboxylic acids is 1. The fourth-order valence-corrected chi connectivity index (χ4v) is 3.24. The van der Waals surface area contributed by atoms with Crippen LogP contribution < -0.4 is 15.2 Å². The molecular formula is C20H17F3N4O3. The molecule has 4 rings (SSSR count). The van der Waals surface area contributed by atoms with Gasteiger partial charge in [-0.05, 0) is 31.2 Å². The van der Waals surface area contributed by atoms with Gasteiger partial charge in [-0.3, -0.25) is 4.90 Å². The molecule has 156 valence electrons. The molecule has 1 aromatic heterocycles. The second kappa shape index (κ2) is 7.69. The zero-order valence-corrected chi connectivity index (χ0v) is 15.8. The third-order valence-electron chi connectivity index (χ3n) is 4.88. The fraction of sp³-hybridized carbons (Fsp3) is 0.250. The van der Waals surface area contributed by atoms with Gasteiger partial charge >= 0.3 is 6.09 Å². The lowest BCUT2D eigenvalue weighted by Gasteiger charge is -2.34. The molecular weight excluding hydrogens is 401 g/mol. The van der Waals surface area contributed by atoms with Gasteiger partial charge in [0.2, 0.25) is 6.23 Å². The summed E-state index contributed by atoms with van der Waals surface area (Å²) >= 11 is 0. The molecule has 1 amide bonds. The number of rotatable bonds is 4. The van der Waals surface area contributed by atoms with Gasteiger partial charge in [0.15, 0.2) is 29.4 Å².